The van der Waals surface area contributed by atoms with E-state index in [2.05, 4.69) is 27.4 Å². The van der Waals surface area contributed by atoms with Crippen LogP contribution >= 0.6 is 0 Å². The number of hydrogen-bond donors (Lipinski definition) is 3. The number of carbonyl (C=O) groups excluding carboxylic acids is 1. The van der Waals surface area contributed by atoms with Crippen molar-refractivity contribution < 1.29 is 4.79 Å². The Balaban J connectivity index is 4.82. The number of amides is 1. The Morgan fingerprint density at radius 2 is 2.32 bits per heavy atom. The van der Waals surface area contributed by atoms with Crippen molar-refractivity contribution in [2.45, 2.75) is 13.8 Å². The third-order valence-electron chi connectivity index (χ3n) is 1.99. The molecule has 8 heteroatoms. The van der Waals surface area contributed by atoms with Crippen molar-refractivity contribution in [1.29, 1.82) is 5.26 Å². The summed E-state index contributed by atoms with van der Waals surface area (Å²) in [5.74, 6) is 9.45. The van der Waals surface area contributed by atoms with Crippen LogP contribution in [0.2, 0.25) is 0 Å². The minimum absolute atomic E-state index is 0.0878. The molecular formula is C11H17N7O. The first-order chi connectivity index (χ1) is 9.10. The predicted octanol–water partition coefficient (Wildman–Crippen LogP) is -1.24. The van der Waals surface area contributed by atoms with E-state index in [9.17, 15) is 4.79 Å². The molecule has 5 N–H and O–H groups in total. The second-order valence-electron chi connectivity index (χ2n) is 3.25. The molecule has 8 nitrogen and oxygen atoms in total. The summed E-state index contributed by atoms with van der Waals surface area (Å²) in [4.78, 5) is 14.9. The molecule has 0 heterocycles. The van der Waals surface area contributed by atoms with Crippen molar-refractivity contribution in [3.63, 3.8) is 0 Å². The molecule has 1 atom stereocenters. The van der Waals surface area contributed by atoms with Crippen LogP contribution in [0.1, 0.15) is 13.8 Å². The summed E-state index contributed by atoms with van der Waals surface area (Å²) in [7, 11) is 0. The van der Waals surface area contributed by atoms with E-state index in [4.69, 9.17) is 16.8 Å². The van der Waals surface area contributed by atoms with Crippen molar-refractivity contribution in [2.24, 2.45) is 27.6 Å². The van der Waals surface area contributed by atoms with Crippen LogP contribution in [0.25, 0.3) is 0 Å². The molecule has 0 aliphatic carbocycles. The lowest BCUT2D eigenvalue weighted by atomic mass is 10.1. The number of nitrogens with two attached hydrogens (primary N) is 2. The summed E-state index contributed by atoms with van der Waals surface area (Å²) in [5.41, 5.74) is 7.60. The monoisotopic (exact) mass is 263 g/mol. The largest absolute Gasteiger partial charge is 0.329 e. The first-order valence-electron chi connectivity index (χ1n) is 5.54. The zero-order valence-corrected chi connectivity index (χ0v) is 10.9. The highest BCUT2D eigenvalue weighted by molar-refractivity contribution is 5.94. The summed E-state index contributed by atoms with van der Waals surface area (Å²) >= 11 is 0. The molecular weight excluding hydrogens is 246 g/mol. The molecule has 0 rings (SSSR count). The van der Waals surface area contributed by atoms with E-state index >= 15 is 0 Å². The van der Waals surface area contributed by atoms with Gasteiger partial charge in [-0.1, -0.05) is 5.92 Å². The highest BCUT2D eigenvalue weighted by Crippen LogP contribution is 1.99. The normalized spacial score (nSPS) is 12.3. The molecule has 0 saturated heterocycles. The van der Waals surface area contributed by atoms with Crippen LogP contribution in [0.3, 0.4) is 0 Å². The predicted molar refractivity (Wildman–Crippen MR) is 72.2 cm³/mol. The van der Waals surface area contributed by atoms with Crippen LogP contribution in [-0.4, -0.2) is 36.2 Å². The number of amidine groups is 1. The molecule has 0 bridgehead atoms. The van der Waals surface area contributed by atoms with E-state index in [-0.39, 0.29) is 12.4 Å². The topological polar surface area (TPSA) is 133 Å². The lowest BCUT2D eigenvalue weighted by Crippen LogP contribution is -2.43. The van der Waals surface area contributed by atoms with Crippen molar-refractivity contribution in [3.05, 3.63) is 0 Å². The number of hydrazone groups is 1. The van der Waals surface area contributed by atoms with Crippen LogP contribution in [0.5, 0.6) is 0 Å². The molecule has 1 amide bonds. The molecule has 0 fully saturated rings. The number of nitriles is 1. The van der Waals surface area contributed by atoms with Gasteiger partial charge in [0.25, 0.3) is 0 Å². The number of carbonyl (C=O) groups is 1. The van der Waals surface area contributed by atoms with Gasteiger partial charge < -0.3 is 5.73 Å². The Hall–Kier alpha value is -2.42. The van der Waals surface area contributed by atoms with E-state index in [1.165, 1.54) is 11.9 Å². The van der Waals surface area contributed by atoms with Crippen LogP contribution in [0.15, 0.2) is 10.1 Å². The summed E-state index contributed by atoms with van der Waals surface area (Å²) in [5, 5.41) is 13.8. The summed E-state index contributed by atoms with van der Waals surface area (Å²) in [6, 6.07) is 1.99. The van der Waals surface area contributed by atoms with Gasteiger partial charge in [0.2, 0.25) is 0 Å². The molecule has 19 heavy (non-hydrogen) atoms. The summed E-state index contributed by atoms with van der Waals surface area (Å²) < 4.78 is 0. The lowest BCUT2D eigenvalue weighted by molar-refractivity contribution is -0.115. The molecule has 0 aliphatic heterocycles. The van der Waals surface area contributed by atoms with Crippen molar-refractivity contribution in [3.8, 4) is 17.9 Å². The number of nitrogens with one attached hydrogen (secondary N) is 1. The van der Waals surface area contributed by atoms with Gasteiger partial charge in [-0.05, 0) is 19.8 Å². The molecule has 0 radical (unpaired) electrons. The molecule has 102 valence electrons. The van der Waals surface area contributed by atoms with Crippen LogP contribution in [-0.2, 0) is 4.79 Å². The number of hydrogen-bond acceptors (Lipinski definition) is 5. The fraction of sp³-hybridized carbons (Fsp3) is 0.455. The molecule has 0 saturated carbocycles. The minimum atomic E-state index is -0.637. The van der Waals surface area contributed by atoms with Gasteiger partial charge in [0, 0.05) is 13.1 Å². The van der Waals surface area contributed by atoms with E-state index in [1.54, 1.807) is 6.92 Å². The smallest absolute Gasteiger partial charge is 0.316 e. The van der Waals surface area contributed by atoms with E-state index in [0.29, 0.717) is 6.54 Å². The first kappa shape index (κ1) is 16.6. The van der Waals surface area contributed by atoms with E-state index < -0.39 is 11.8 Å². The van der Waals surface area contributed by atoms with E-state index in [1.807, 2.05) is 6.07 Å². The zero-order chi connectivity index (χ0) is 14.7. The highest BCUT2D eigenvalue weighted by atomic mass is 16.2. The maximum absolute atomic E-state index is 11.0. The van der Waals surface area contributed by atoms with Crippen molar-refractivity contribution >= 4 is 18.1 Å². The molecule has 0 aromatic heterocycles. The molecule has 0 spiro atoms. The average Bonchev–Trinajstić information content (AvgIpc) is 2.42. The summed E-state index contributed by atoms with van der Waals surface area (Å²) in [6.45, 7) is 3.88. The minimum Gasteiger partial charge on any atom is -0.329 e. The van der Waals surface area contributed by atoms with Crippen LogP contribution < -0.4 is 17.0 Å². The Kier molecular flexibility index (Phi) is 8.37. The van der Waals surface area contributed by atoms with Crippen LogP contribution in [0.4, 0.5) is 0 Å². The van der Waals surface area contributed by atoms with Gasteiger partial charge in [-0.2, -0.15) is 10.4 Å². The third kappa shape index (κ3) is 6.17. The lowest BCUT2D eigenvalue weighted by Gasteiger charge is -2.20. The second-order valence-corrected chi connectivity index (χ2v) is 3.25. The second kappa shape index (κ2) is 9.59. The molecule has 0 aromatic carbocycles. The standard InChI is InChI=1S/C11H17N7O/c1-3-5-10(19)17-16-8-15-11(18(14)4-2)9(6-12)7-13/h8-9H,4,6,12,14H2,1-2H3,(H,17,19)/b15-11?,16-8-. The SMILES string of the molecule is CC#CC(=O)N/N=C\N=C(C(C#N)CN)N(N)CC. The average molecular weight is 263 g/mol. The van der Waals surface area contributed by atoms with Gasteiger partial charge in [0.1, 0.15) is 18.1 Å². The van der Waals surface area contributed by atoms with Gasteiger partial charge in [-0.3, -0.25) is 9.80 Å². The Morgan fingerprint density at radius 3 is 2.79 bits per heavy atom. The summed E-state index contributed by atoms with van der Waals surface area (Å²) in [6.07, 6.45) is 1.08. The fourth-order valence-corrected chi connectivity index (χ4v) is 1.06. The number of hydrazine groups is 1. The zero-order valence-electron chi connectivity index (χ0n) is 10.9. The van der Waals surface area contributed by atoms with Gasteiger partial charge >= 0.3 is 5.91 Å². The fourth-order valence-electron chi connectivity index (χ4n) is 1.06. The van der Waals surface area contributed by atoms with Gasteiger partial charge in [-0.15, -0.1) is 0 Å². The maximum Gasteiger partial charge on any atom is 0.316 e. The maximum atomic E-state index is 11.0. The first-order valence-corrected chi connectivity index (χ1v) is 5.54. The third-order valence-corrected chi connectivity index (χ3v) is 1.99. The quantitative estimate of drug-likeness (QED) is 0.188. The van der Waals surface area contributed by atoms with Crippen molar-refractivity contribution in [1.82, 2.24) is 10.4 Å². The molecule has 0 aliphatic rings. The number of aliphatic imine (C=N–C) groups is 1. The Morgan fingerprint density at radius 1 is 1.63 bits per heavy atom. The molecule has 1 unspecified atom stereocenters. The number of rotatable bonds is 5. The van der Waals surface area contributed by atoms with Gasteiger partial charge in [0.05, 0.1) is 6.07 Å². The van der Waals surface area contributed by atoms with Gasteiger partial charge in [0.15, 0.2) is 0 Å². The van der Waals surface area contributed by atoms with E-state index in [0.717, 1.165) is 6.34 Å². The number of nitrogens with zero attached hydrogens (tertiary/aromatic N) is 4. The van der Waals surface area contributed by atoms with Crippen molar-refractivity contribution in [2.75, 3.05) is 13.1 Å². The highest BCUT2D eigenvalue weighted by Gasteiger charge is 2.17. The molecule has 0 aromatic rings. The Labute approximate surface area is 112 Å². The van der Waals surface area contributed by atoms with Gasteiger partial charge in [-0.25, -0.2) is 16.3 Å². The Bertz CT molecular complexity index is 452. The van der Waals surface area contributed by atoms with Crippen LogP contribution in [0, 0.1) is 29.1 Å².